The van der Waals surface area contributed by atoms with Crippen molar-refractivity contribution in [3.8, 4) is 21.4 Å². The molecule has 2 aromatic carbocycles. The molecule has 0 radical (unpaired) electrons. The van der Waals surface area contributed by atoms with Gasteiger partial charge in [0.05, 0.1) is 0 Å². The normalized spacial score (nSPS) is 10.7. The van der Waals surface area contributed by atoms with E-state index in [9.17, 15) is 0 Å². The summed E-state index contributed by atoms with van der Waals surface area (Å²) in [7, 11) is 0. The van der Waals surface area contributed by atoms with Gasteiger partial charge in [0.15, 0.2) is 0 Å². The first-order valence-electron chi connectivity index (χ1n) is 8.67. The van der Waals surface area contributed by atoms with Crippen molar-refractivity contribution in [2.45, 2.75) is 13.3 Å². The van der Waals surface area contributed by atoms with Crippen LogP contribution in [0.1, 0.15) is 12.5 Å². The number of nitrogens with one attached hydrogen (secondary N) is 1. The molecule has 0 aliphatic carbocycles. The maximum absolute atomic E-state index is 4.93. The van der Waals surface area contributed by atoms with E-state index >= 15 is 0 Å². The van der Waals surface area contributed by atoms with Crippen molar-refractivity contribution in [3.05, 3.63) is 84.6 Å². The van der Waals surface area contributed by atoms with Gasteiger partial charge in [-0.3, -0.25) is 0 Å². The number of hydrogen-bond donors (Lipinski definition) is 1. The predicted molar refractivity (Wildman–Crippen MR) is 109 cm³/mol. The number of aryl methyl sites for hydroxylation is 1. The summed E-state index contributed by atoms with van der Waals surface area (Å²) in [5.41, 5.74) is 5.59. The molecule has 0 aliphatic rings. The molecule has 0 unspecified atom stereocenters. The minimum absolute atomic E-state index is 0.0863. The molecule has 2 heterocycles. The molecule has 26 heavy (non-hydrogen) atoms. The summed E-state index contributed by atoms with van der Waals surface area (Å²) in [4.78, 5) is 9.48. The number of rotatable bonds is 5. The van der Waals surface area contributed by atoms with Crippen LogP contribution in [0.3, 0.4) is 0 Å². The summed E-state index contributed by atoms with van der Waals surface area (Å²) in [5, 5.41) is 3.50. The van der Waals surface area contributed by atoms with Crippen molar-refractivity contribution < 1.29 is 0 Å². The Hall–Kier alpha value is -2.68. The van der Waals surface area contributed by atoms with Crippen LogP contribution in [0.15, 0.2) is 79.0 Å². The first-order valence-corrected chi connectivity index (χ1v) is 10.4. The van der Waals surface area contributed by atoms with Crippen LogP contribution >= 0.6 is 0 Å². The molecule has 1 N–H and O–H groups in total. The van der Waals surface area contributed by atoms with E-state index in [1.54, 1.807) is 0 Å². The zero-order valence-electron chi connectivity index (χ0n) is 14.5. The molecule has 0 saturated carbocycles. The summed E-state index contributed by atoms with van der Waals surface area (Å²) in [6.07, 6.45) is 2.89. The maximum atomic E-state index is 4.93. The van der Waals surface area contributed by atoms with E-state index in [1.165, 1.54) is 10.0 Å². The van der Waals surface area contributed by atoms with Crippen molar-refractivity contribution in [2.75, 3.05) is 5.32 Å². The summed E-state index contributed by atoms with van der Waals surface area (Å²) in [5.74, 6) is 0. The van der Waals surface area contributed by atoms with E-state index in [2.05, 4.69) is 71.8 Å². The Balaban J connectivity index is 1.73. The predicted octanol–water partition coefficient (Wildman–Crippen LogP) is 5.17. The van der Waals surface area contributed by atoms with Gasteiger partial charge >= 0.3 is 159 Å². The van der Waals surface area contributed by atoms with Gasteiger partial charge in [0, 0.05) is 0 Å². The van der Waals surface area contributed by atoms with Crippen LogP contribution < -0.4 is 5.32 Å². The van der Waals surface area contributed by atoms with Crippen molar-refractivity contribution in [2.24, 2.45) is 0 Å². The van der Waals surface area contributed by atoms with E-state index in [0.717, 1.165) is 33.8 Å². The third-order valence-electron chi connectivity index (χ3n) is 4.19. The molecule has 0 amide bonds. The molecule has 0 aliphatic heterocycles. The summed E-state index contributed by atoms with van der Waals surface area (Å²) in [6.45, 7) is 2.17. The molecule has 2 aromatic heterocycles. The van der Waals surface area contributed by atoms with Gasteiger partial charge in [-0.2, -0.15) is 0 Å². The third-order valence-corrected chi connectivity index (χ3v) is 6.27. The second-order valence-corrected chi connectivity index (χ2v) is 8.05. The fourth-order valence-corrected chi connectivity index (χ4v) is 4.85. The number of hydrogen-bond acceptors (Lipinski definition) is 3. The average Bonchev–Trinajstić information content (AvgIpc) is 3.14. The van der Waals surface area contributed by atoms with Crippen molar-refractivity contribution in [1.29, 1.82) is 0 Å². The van der Waals surface area contributed by atoms with Gasteiger partial charge in [0.1, 0.15) is 0 Å². The molecule has 128 valence electrons. The number of anilines is 2. The Morgan fingerprint density at radius 1 is 0.885 bits per heavy atom. The van der Waals surface area contributed by atoms with Crippen molar-refractivity contribution in [3.63, 3.8) is 0 Å². The molecular formula is C22H19N3Se. The van der Waals surface area contributed by atoms with E-state index in [0.29, 0.717) is 0 Å². The fraction of sp³-hybridized carbons (Fsp3) is 0.0909. The molecule has 0 fully saturated rings. The molecular weight excluding hydrogens is 385 g/mol. The van der Waals surface area contributed by atoms with Gasteiger partial charge in [-0.15, -0.1) is 0 Å². The fourth-order valence-electron chi connectivity index (χ4n) is 2.78. The number of pyridine rings is 1. The Labute approximate surface area is 159 Å². The second-order valence-electron chi connectivity index (χ2n) is 5.95. The first kappa shape index (κ1) is 16.8. The first-order chi connectivity index (χ1) is 12.8. The second kappa shape index (κ2) is 7.69. The van der Waals surface area contributed by atoms with Crippen LogP contribution in [0, 0.1) is 0 Å². The van der Waals surface area contributed by atoms with Gasteiger partial charge in [-0.1, -0.05) is 0 Å². The van der Waals surface area contributed by atoms with E-state index in [1.807, 2.05) is 24.4 Å². The average molecular weight is 404 g/mol. The standard InChI is InChI=1S/C22H19N3Se/c1-2-16-11-13-18(14-12-16)24-22-25-20(17-8-4-3-5-9-17)21(26-22)19-10-6-7-15-23-19/h3-15H,2H2,1H3,(H,24,25). The Morgan fingerprint density at radius 2 is 1.65 bits per heavy atom. The molecule has 0 spiro atoms. The molecule has 4 heteroatoms. The zero-order valence-corrected chi connectivity index (χ0v) is 16.2. The van der Waals surface area contributed by atoms with Gasteiger partial charge in [-0.05, 0) is 0 Å². The SMILES string of the molecule is CCc1ccc(Nc2nc(-c3ccccc3)c(-c3ccccn3)[se]2)cc1. The molecule has 4 rings (SSSR count). The third kappa shape index (κ3) is 3.62. The Morgan fingerprint density at radius 3 is 2.35 bits per heavy atom. The van der Waals surface area contributed by atoms with Gasteiger partial charge in [0.2, 0.25) is 0 Å². The van der Waals surface area contributed by atoms with Crippen LogP contribution in [0.4, 0.5) is 10.4 Å². The van der Waals surface area contributed by atoms with Crippen LogP contribution in [0.5, 0.6) is 0 Å². The number of benzene rings is 2. The van der Waals surface area contributed by atoms with Gasteiger partial charge < -0.3 is 0 Å². The molecule has 4 aromatic rings. The summed E-state index contributed by atoms with van der Waals surface area (Å²) >= 11 is 0.0863. The van der Waals surface area contributed by atoms with Crippen molar-refractivity contribution >= 4 is 24.9 Å². The van der Waals surface area contributed by atoms with E-state index in [-0.39, 0.29) is 14.5 Å². The zero-order chi connectivity index (χ0) is 17.8. The molecule has 0 bridgehead atoms. The molecule has 3 nitrogen and oxygen atoms in total. The topological polar surface area (TPSA) is 37.8 Å². The van der Waals surface area contributed by atoms with Crippen molar-refractivity contribution in [1.82, 2.24) is 9.97 Å². The number of nitrogens with zero attached hydrogens (tertiary/aromatic N) is 2. The Kier molecular flexibility index (Phi) is 4.96. The van der Waals surface area contributed by atoms with E-state index < -0.39 is 0 Å². The minimum atomic E-state index is 0.0863. The number of aromatic nitrogens is 2. The monoisotopic (exact) mass is 405 g/mol. The van der Waals surface area contributed by atoms with Crippen LogP contribution in [0.2, 0.25) is 0 Å². The quantitative estimate of drug-likeness (QED) is 0.466. The summed E-state index contributed by atoms with van der Waals surface area (Å²) < 4.78 is 2.23. The Bertz CT molecular complexity index is 920. The molecule has 0 atom stereocenters. The van der Waals surface area contributed by atoms with E-state index in [4.69, 9.17) is 4.98 Å². The summed E-state index contributed by atoms with van der Waals surface area (Å²) in [6, 6.07) is 25.0. The van der Waals surface area contributed by atoms with Crippen LogP contribution in [-0.4, -0.2) is 24.5 Å². The van der Waals surface area contributed by atoms with Gasteiger partial charge in [0.25, 0.3) is 0 Å². The van der Waals surface area contributed by atoms with Gasteiger partial charge in [-0.25, -0.2) is 0 Å². The van der Waals surface area contributed by atoms with Crippen LogP contribution in [0.25, 0.3) is 21.4 Å². The molecule has 0 saturated heterocycles. The van der Waals surface area contributed by atoms with Crippen LogP contribution in [-0.2, 0) is 6.42 Å².